The zero-order valence-corrected chi connectivity index (χ0v) is 10.6. The molecule has 0 radical (unpaired) electrons. The molecule has 0 saturated heterocycles. The van der Waals surface area contributed by atoms with Gasteiger partial charge < -0.3 is 10.1 Å². The lowest BCUT2D eigenvalue weighted by Crippen LogP contribution is -2.40. The molecule has 0 aromatic carbocycles. The summed E-state index contributed by atoms with van der Waals surface area (Å²) in [5.41, 5.74) is -0.858. The van der Waals surface area contributed by atoms with Gasteiger partial charge in [-0.15, -0.1) is 5.10 Å². The van der Waals surface area contributed by atoms with E-state index in [-0.39, 0.29) is 11.7 Å². The second kappa shape index (κ2) is 5.62. The van der Waals surface area contributed by atoms with Crippen molar-refractivity contribution in [2.24, 2.45) is 20.0 Å². The summed E-state index contributed by atoms with van der Waals surface area (Å²) in [6.45, 7) is 3.15. The fourth-order valence-corrected chi connectivity index (χ4v) is 1.42. The first kappa shape index (κ1) is 13.4. The number of ether oxygens (including phenoxy) is 1. The Bertz CT molecular complexity index is 491. The number of methoxy groups -OCH3 is 1. The van der Waals surface area contributed by atoms with Gasteiger partial charge in [0, 0.05) is 27.7 Å². The van der Waals surface area contributed by atoms with Gasteiger partial charge in [0.2, 0.25) is 5.82 Å². The molecule has 0 fully saturated rings. The Balaban J connectivity index is 2.86. The second-order valence-electron chi connectivity index (χ2n) is 4.06. The van der Waals surface area contributed by atoms with Crippen molar-refractivity contribution in [3.8, 4) is 0 Å². The van der Waals surface area contributed by atoms with Gasteiger partial charge in [-0.25, -0.2) is 9.48 Å². The molecule has 0 aliphatic rings. The van der Waals surface area contributed by atoms with E-state index in [0.717, 1.165) is 9.25 Å². The molecule has 1 heterocycles. The topological polar surface area (TPSA) is 78.2 Å². The summed E-state index contributed by atoms with van der Waals surface area (Å²) in [5.74, 6) is 0.432. The number of aryl methyl sites for hydroxylation is 1. The molecular formula is C10H18N4O3. The highest BCUT2D eigenvalue weighted by atomic mass is 16.5. The van der Waals surface area contributed by atoms with Crippen molar-refractivity contribution in [1.29, 1.82) is 0 Å². The van der Waals surface area contributed by atoms with E-state index in [2.05, 4.69) is 10.4 Å². The van der Waals surface area contributed by atoms with Crippen LogP contribution in [-0.2, 0) is 18.8 Å². The van der Waals surface area contributed by atoms with Gasteiger partial charge in [0.15, 0.2) is 0 Å². The molecule has 0 spiro atoms. The molecule has 0 aliphatic heterocycles. The molecule has 1 aromatic heterocycles. The summed E-state index contributed by atoms with van der Waals surface area (Å²) in [7, 11) is 4.56. The van der Waals surface area contributed by atoms with Gasteiger partial charge in [-0.2, -0.15) is 0 Å². The van der Waals surface area contributed by atoms with Crippen LogP contribution in [0.5, 0.6) is 0 Å². The van der Waals surface area contributed by atoms with Gasteiger partial charge in [-0.1, -0.05) is 6.92 Å². The summed E-state index contributed by atoms with van der Waals surface area (Å²) < 4.78 is 7.14. The average molecular weight is 242 g/mol. The molecule has 0 saturated carbocycles. The van der Waals surface area contributed by atoms with Crippen molar-refractivity contribution in [1.82, 2.24) is 14.3 Å². The quantitative estimate of drug-likeness (QED) is 0.729. The number of nitrogens with zero attached hydrogens (tertiary/aromatic N) is 3. The highest BCUT2D eigenvalue weighted by Gasteiger charge is 2.09. The predicted octanol–water partition coefficient (Wildman–Crippen LogP) is -0.827. The van der Waals surface area contributed by atoms with Gasteiger partial charge in [-0.3, -0.25) is 9.36 Å². The average Bonchev–Trinajstić information content (AvgIpc) is 2.30. The number of hydrogen-bond donors (Lipinski definition) is 1. The van der Waals surface area contributed by atoms with Gasteiger partial charge in [-0.05, 0) is 5.92 Å². The third kappa shape index (κ3) is 3.16. The van der Waals surface area contributed by atoms with Crippen LogP contribution in [0.25, 0.3) is 0 Å². The molecule has 7 heteroatoms. The van der Waals surface area contributed by atoms with Crippen molar-refractivity contribution in [2.75, 3.05) is 25.6 Å². The van der Waals surface area contributed by atoms with Crippen LogP contribution >= 0.6 is 0 Å². The lowest BCUT2D eigenvalue weighted by atomic mass is 10.2. The number of nitrogens with one attached hydrogen (secondary N) is 1. The maximum Gasteiger partial charge on any atom is 0.346 e. The van der Waals surface area contributed by atoms with E-state index in [1.54, 1.807) is 7.11 Å². The summed E-state index contributed by atoms with van der Waals surface area (Å²) in [6, 6.07) is 0. The van der Waals surface area contributed by atoms with E-state index in [1.165, 1.54) is 14.1 Å². The third-order valence-corrected chi connectivity index (χ3v) is 2.39. The Morgan fingerprint density at radius 1 is 1.41 bits per heavy atom. The van der Waals surface area contributed by atoms with Crippen LogP contribution in [0.4, 0.5) is 5.82 Å². The molecule has 0 bridgehead atoms. The van der Waals surface area contributed by atoms with E-state index in [1.807, 2.05) is 6.92 Å². The SMILES string of the molecule is COCC(C)CNc1nn(C)c(=O)n(C)c1=O. The molecule has 1 rings (SSSR count). The molecule has 1 aromatic rings. The van der Waals surface area contributed by atoms with Crippen molar-refractivity contribution in [3.63, 3.8) is 0 Å². The molecule has 1 N–H and O–H groups in total. The number of aromatic nitrogens is 3. The van der Waals surface area contributed by atoms with Crippen LogP contribution in [-0.4, -0.2) is 34.6 Å². The van der Waals surface area contributed by atoms with Gasteiger partial charge in [0.1, 0.15) is 0 Å². The minimum atomic E-state index is -0.439. The summed E-state index contributed by atoms with van der Waals surface area (Å²) >= 11 is 0. The van der Waals surface area contributed by atoms with Crippen molar-refractivity contribution in [2.45, 2.75) is 6.92 Å². The third-order valence-electron chi connectivity index (χ3n) is 2.39. The minimum absolute atomic E-state index is 0.178. The van der Waals surface area contributed by atoms with Crippen molar-refractivity contribution < 1.29 is 4.74 Å². The molecule has 0 amide bonds. The Morgan fingerprint density at radius 3 is 2.65 bits per heavy atom. The van der Waals surface area contributed by atoms with Crippen LogP contribution in [0.15, 0.2) is 9.59 Å². The lowest BCUT2D eigenvalue weighted by molar-refractivity contribution is 0.164. The summed E-state index contributed by atoms with van der Waals surface area (Å²) in [6.07, 6.45) is 0. The number of hydrogen-bond acceptors (Lipinski definition) is 5. The normalized spacial score (nSPS) is 12.5. The van der Waals surface area contributed by atoms with Crippen LogP contribution in [0.1, 0.15) is 6.92 Å². The number of anilines is 1. The Labute approximate surface area is 99.0 Å². The molecule has 1 unspecified atom stereocenters. The first-order valence-corrected chi connectivity index (χ1v) is 5.34. The first-order chi connectivity index (χ1) is 7.97. The molecular weight excluding hydrogens is 224 g/mol. The van der Waals surface area contributed by atoms with Crippen LogP contribution in [0.2, 0.25) is 0 Å². The Hall–Kier alpha value is -1.63. The Kier molecular flexibility index (Phi) is 4.45. The molecule has 96 valence electrons. The fraction of sp³-hybridized carbons (Fsp3) is 0.700. The van der Waals surface area contributed by atoms with Gasteiger partial charge in [0.05, 0.1) is 6.61 Å². The van der Waals surface area contributed by atoms with Gasteiger partial charge in [0.25, 0.3) is 5.56 Å². The maximum absolute atomic E-state index is 11.7. The largest absolute Gasteiger partial charge is 0.384 e. The number of rotatable bonds is 5. The second-order valence-corrected chi connectivity index (χ2v) is 4.06. The van der Waals surface area contributed by atoms with Crippen molar-refractivity contribution >= 4 is 5.82 Å². The minimum Gasteiger partial charge on any atom is -0.384 e. The van der Waals surface area contributed by atoms with E-state index >= 15 is 0 Å². The molecule has 0 aliphatic carbocycles. The Morgan fingerprint density at radius 2 is 2.06 bits per heavy atom. The van der Waals surface area contributed by atoms with Crippen LogP contribution in [0.3, 0.4) is 0 Å². The predicted molar refractivity (Wildman–Crippen MR) is 64.2 cm³/mol. The van der Waals surface area contributed by atoms with E-state index < -0.39 is 11.2 Å². The summed E-state index contributed by atoms with van der Waals surface area (Å²) in [4.78, 5) is 23.1. The molecule has 1 atom stereocenters. The smallest absolute Gasteiger partial charge is 0.346 e. The lowest BCUT2D eigenvalue weighted by Gasteiger charge is -2.12. The zero-order valence-electron chi connectivity index (χ0n) is 10.6. The summed E-state index contributed by atoms with van der Waals surface area (Å²) in [5, 5.41) is 6.81. The zero-order chi connectivity index (χ0) is 13.0. The van der Waals surface area contributed by atoms with E-state index in [4.69, 9.17) is 4.74 Å². The van der Waals surface area contributed by atoms with Gasteiger partial charge >= 0.3 is 5.69 Å². The highest BCUT2D eigenvalue weighted by molar-refractivity contribution is 5.29. The van der Waals surface area contributed by atoms with E-state index in [9.17, 15) is 9.59 Å². The monoisotopic (exact) mass is 242 g/mol. The van der Waals surface area contributed by atoms with Crippen LogP contribution in [0, 0.1) is 5.92 Å². The first-order valence-electron chi connectivity index (χ1n) is 5.34. The van der Waals surface area contributed by atoms with Crippen LogP contribution < -0.4 is 16.6 Å². The van der Waals surface area contributed by atoms with Crippen molar-refractivity contribution in [3.05, 3.63) is 20.8 Å². The molecule has 7 nitrogen and oxygen atoms in total. The maximum atomic E-state index is 11.7. The van der Waals surface area contributed by atoms with E-state index in [0.29, 0.717) is 13.2 Å². The highest BCUT2D eigenvalue weighted by Crippen LogP contribution is 1.97. The molecule has 17 heavy (non-hydrogen) atoms. The fourth-order valence-electron chi connectivity index (χ4n) is 1.42. The standard InChI is InChI=1S/C10H18N4O3/c1-7(6-17-4)5-11-8-9(15)13(2)10(16)14(3)12-8/h7H,5-6H2,1-4H3,(H,11,12).